The van der Waals surface area contributed by atoms with E-state index >= 15 is 0 Å². The number of benzene rings is 2. The number of ketones is 2. The topological polar surface area (TPSA) is 201 Å². The van der Waals surface area contributed by atoms with Crippen molar-refractivity contribution < 1.29 is 39.5 Å². The van der Waals surface area contributed by atoms with Gasteiger partial charge in [-0.1, -0.05) is 19.1 Å². The molecule has 13 heteroatoms. The van der Waals surface area contributed by atoms with E-state index in [9.17, 15) is 34.8 Å². The molecule has 1 aromatic heterocycles. The summed E-state index contributed by atoms with van der Waals surface area (Å²) in [5.41, 5.74) is 2.98. The van der Waals surface area contributed by atoms with E-state index in [-0.39, 0.29) is 60.9 Å². The Morgan fingerprint density at radius 1 is 1.17 bits per heavy atom. The SMILES string of the molecule is CC(C)c1cn(-c2ccc(O)c3c(O)c4c(cc23)C[C@H]2[C@@H](N3CCOCC3)C(=O)C(C(N)=O)=C(O)[C@@]2(O)C4=O)nn1. The number of amides is 1. The Balaban J connectivity index is 1.59. The van der Waals surface area contributed by atoms with Gasteiger partial charge in [-0.3, -0.25) is 19.3 Å². The minimum atomic E-state index is -2.73. The molecule has 0 bridgehead atoms. The minimum Gasteiger partial charge on any atom is -0.508 e. The first-order chi connectivity index (χ1) is 19.5. The number of ether oxygens (including phenoxy) is 1. The van der Waals surface area contributed by atoms with E-state index in [1.165, 1.54) is 10.7 Å². The highest BCUT2D eigenvalue weighted by Gasteiger charge is 2.62. The van der Waals surface area contributed by atoms with Crippen LogP contribution in [-0.4, -0.2) is 95.7 Å². The molecule has 3 atom stereocenters. The largest absolute Gasteiger partial charge is 0.508 e. The number of phenolic OH excluding ortho intramolecular Hbond substituents is 2. The number of phenols is 2. The van der Waals surface area contributed by atoms with Crippen LogP contribution in [-0.2, 0) is 20.7 Å². The second-order valence-electron chi connectivity index (χ2n) is 11.0. The molecule has 3 aliphatic rings. The van der Waals surface area contributed by atoms with E-state index < -0.39 is 52.1 Å². The van der Waals surface area contributed by atoms with Gasteiger partial charge in [-0.05, 0) is 36.1 Å². The zero-order valence-corrected chi connectivity index (χ0v) is 22.4. The summed E-state index contributed by atoms with van der Waals surface area (Å²) in [5, 5.41) is 53.8. The van der Waals surface area contributed by atoms with Gasteiger partial charge >= 0.3 is 0 Å². The summed E-state index contributed by atoms with van der Waals surface area (Å²) in [7, 11) is 0. The summed E-state index contributed by atoms with van der Waals surface area (Å²) in [6.45, 7) is 5.05. The van der Waals surface area contributed by atoms with Crippen LogP contribution in [0.15, 0.2) is 35.7 Å². The molecule has 1 saturated heterocycles. The van der Waals surface area contributed by atoms with Gasteiger partial charge in [0.1, 0.15) is 22.8 Å². The summed E-state index contributed by atoms with van der Waals surface area (Å²) in [6.07, 6.45) is 1.59. The number of nitrogens with zero attached hydrogens (tertiary/aromatic N) is 4. The molecule has 0 saturated carbocycles. The number of morpholine rings is 1. The molecule has 1 fully saturated rings. The molecule has 0 spiro atoms. The lowest BCUT2D eigenvalue weighted by Crippen LogP contribution is -2.66. The molecule has 13 nitrogen and oxygen atoms in total. The Bertz CT molecular complexity index is 1670. The zero-order valence-electron chi connectivity index (χ0n) is 22.4. The number of aliphatic hydroxyl groups excluding tert-OH is 1. The Labute approximate surface area is 233 Å². The number of hydrogen-bond acceptors (Lipinski definition) is 11. The quantitative estimate of drug-likeness (QED) is 0.279. The van der Waals surface area contributed by atoms with Gasteiger partial charge in [0, 0.05) is 24.4 Å². The molecule has 0 radical (unpaired) electrons. The number of aromatic nitrogens is 3. The first-order valence-electron chi connectivity index (χ1n) is 13.3. The number of rotatable bonds is 4. The normalized spacial score (nSPS) is 25.1. The van der Waals surface area contributed by atoms with Crippen molar-refractivity contribution in [3.05, 3.63) is 52.5 Å². The van der Waals surface area contributed by atoms with Crippen molar-refractivity contribution in [2.24, 2.45) is 11.7 Å². The molecule has 1 aliphatic heterocycles. The molecule has 6 rings (SSSR count). The monoisotopic (exact) mass is 563 g/mol. The second kappa shape index (κ2) is 9.36. The van der Waals surface area contributed by atoms with Crippen molar-refractivity contribution in [3.8, 4) is 17.2 Å². The number of carbonyl (C=O) groups is 3. The van der Waals surface area contributed by atoms with Crippen LogP contribution in [0.4, 0.5) is 0 Å². The van der Waals surface area contributed by atoms with Crippen LogP contribution in [0, 0.1) is 5.92 Å². The lowest BCUT2D eigenvalue weighted by atomic mass is 9.61. The maximum absolute atomic E-state index is 14.1. The summed E-state index contributed by atoms with van der Waals surface area (Å²) in [6, 6.07) is 3.35. The van der Waals surface area contributed by atoms with Gasteiger partial charge in [-0.15, -0.1) is 5.10 Å². The summed E-state index contributed by atoms with van der Waals surface area (Å²) in [4.78, 5) is 41.7. The number of carbonyl (C=O) groups excluding carboxylic acids is 3. The van der Waals surface area contributed by atoms with Gasteiger partial charge < -0.3 is 30.9 Å². The second-order valence-corrected chi connectivity index (χ2v) is 11.0. The van der Waals surface area contributed by atoms with E-state index in [4.69, 9.17) is 10.5 Å². The number of aliphatic hydroxyl groups is 2. The van der Waals surface area contributed by atoms with Crippen molar-refractivity contribution >= 4 is 28.2 Å². The van der Waals surface area contributed by atoms with Gasteiger partial charge in [0.05, 0.1) is 47.8 Å². The highest BCUT2D eigenvalue weighted by molar-refractivity contribution is 6.25. The minimum absolute atomic E-state index is 0.0755. The van der Waals surface area contributed by atoms with E-state index in [0.717, 1.165) is 5.69 Å². The third-order valence-electron chi connectivity index (χ3n) is 8.39. The molecule has 0 unspecified atom stereocenters. The van der Waals surface area contributed by atoms with E-state index in [1.54, 1.807) is 23.2 Å². The van der Waals surface area contributed by atoms with E-state index in [0.29, 0.717) is 11.1 Å². The average Bonchev–Trinajstić information content (AvgIpc) is 3.42. The highest BCUT2D eigenvalue weighted by Crippen LogP contribution is 2.50. The van der Waals surface area contributed by atoms with E-state index in [2.05, 4.69) is 10.3 Å². The maximum atomic E-state index is 14.1. The first kappa shape index (κ1) is 26.9. The van der Waals surface area contributed by atoms with Gasteiger partial charge in [0.25, 0.3) is 5.91 Å². The standard InChI is InChI=1S/C28H29N5O8/c1-12(2)16-11-33(31-30-16)17-3-4-18(34)20-14(17)9-13-10-15-22(32-5-7-41-8-6-32)24(36)21(27(29)39)26(38)28(15,40)25(37)19(13)23(20)35/h3-4,9,11-12,15,22,34-35,38,40H,5-8,10H2,1-2H3,(H2,29,39)/t15-,22+,28-/m0/s1. The number of Topliss-reactive ketones (excluding diaryl/α,β-unsaturated/α-hetero) is 2. The van der Waals surface area contributed by atoms with Crippen molar-refractivity contribution in [2.75, 3.05) is 26.3 Å². The average molecular weight is 564 g/mol. The number of nitrogens with two attached hydrogens (primary N) is 1. The molecule has 6 N–H and O–H groups in total. The first-order valence-corrected chi connectivity index (χ1v) is 13.3. The fourth-order valence-electron chi connectivity index (χ4n) is 6.31. The summed E-state index contributed by atoms with van der Waals surface area (Å²) >= 11 is 0. The number of primary amides is 1. The lowest BCUT2D eigenvalue weighted by molar-refractivity contribution is -0.136. The van der Waals surface area contributed by atoms with Crippen molar-refractivity contribution in [3.63, 3.8) is 0 Å². The zero-order chi connectivity index (χ0) is 29.4. The predicted molar refractivity (Wildman–Crippen MR) is 143 cm³/mol. The van der Waals surface area contributed by atoms with Crippen LogP contribution in [0.1, 0.15) is 41.4 Å². The molecule has 2 aliphatic carbocycles. The van der Waals surface area contributed by atoms with Gasteiger partial charge in [0.2, 0.25) is 5.78 Å². The number of hydrogen-bond donors (Lipinski definition) is 5. The maximum Gasteiger partial charge on any atom is 0.255 e. The Kier molecular flexibility index (Phi) is 6.14. The summed E-state index contributed by atoms with van der Waals surface area (Å²) in [5.74, 6) is -6.41. The fourth-order valence-corrected chi connectivity index (χ4v) is 6.31. The van der Waals surface area contributed by atoms with Crippen molar-refractivity contribution in [1.82, 2.24) is 19.9 Å². The third-order valence-corrected chi connectivity index (χ3v) is 8.39. The highest BCUT2D eigenvalue weighted by atomic mass is 16.5. The van der Waals surface area contributed by atoms with Crippen LogP contribution in [0.5, 0.6) is 11.5 Å². The molecule has 3 aromatic rings. The fraction of sp³-hybridized carbons (Fsp3) is 0.393. The Morgan fingerprint density at radius 3 is 2.51 bits per heavy atom. The lowest BCUT2D eigenvalue weighted by Gasteiger charge is -2.49. The van der Waals surface area contributed by atoms with Crippen LogP contribution < -0.4 is 5.73 Å². The van der Waals surface area contributed by atoms with Gasteiger partial charge in [0.15, 0.2) is 11.4 Å². The molecule has 41 heavy (non-hydrogen) atoms. The molecule has 2 heterocycles. The Hall–Kier alpha value is -4.33. The molecular weight excluding hydrogens is 534 g/mol. The summed E-state index contributed by atoms with van der Waals surface area (Å²) < 4.78 is 6.90. The van der Waals surface area contributed by atoms with Crippen LogP contribution in [0.2, 0.25) is 0 Å². The van der Waals surface area contributed by atoms with Gasteiger partial charge in [-0.2, -0.15) is 0 Å². The van der Waals surface area contributed by atoms with Crippen LogP contribution >= 0.6 is 0 Å². The molecule has 214 valence electrons. The number of aromatic hydroxyl groups is 2. The molecule has 1 amide bonds. The van der Waals surface area contributed by atoms with Gasteiger partial charge in [-0.25, -0.2) is 4.68 Å². The number of fused-ring (bicyclic) bond motifs is 3. The molecule has 2 aromatic carbocycles. The molecular formula is C28H29N5O8. The third kappa shape index (κ3) is 3.76. The smallest absolute Gasteiger partial charge is 0.255 e. The van der Waals surface area contributed by atoms with Crippen LogP contribution in [0.25, 0.3) is 16.5 Å². The predicted octanol–water partition coefficient (Wildman–Crippen LogP) is 0.622. The Morgan fingerprint density at radius 2 is 1.88 bits per heavy atom. The van der Waals surface area contributed by atoms with Crippen LogP contribution in [0.3, 0.4) is 0 Å². The van der Waals surface area contributed by atoms with Crippen molar-refractivity contribution in [1.29, 1.82) is 0 Å². The van der Waals surface area contributed by atoms with Crippen molar-refractivity contribution in [2.45, 2.75) is 37.8 Å². The van der Waals surface area contributed by atoms with E-state index in [1.807, 2.05) is 13.8 Å².